The molecule has 0 unspecified atom stereocenters. The fraction of sp³-hybridized carbons (Fsp3) is 0.125. The van der Waals surface area contributed by atoms with Crippen LogP contribution in [-0.4, -0.2) is 27.3 Å². The van der Waals surface area contributed by atoms with Gasteiger partial charge in [0.15, 0.2) is 0 Å². The summed E-state index contributed by atoms with van der Waals surface area (Å²) in [4.78, 5) is 8.45. The molecule has 2 aromatic carbocycles. The fourth-order valence-corrected chi connectivity index (χ4v) is 2.44. The highest BCUT2D eigenvalue weighted by Crippen LogP contribution is 2.32. The number of hydrogen-bond acceptors (Lipinski definition) is 6. The average Bonchev–Trinajstić information content (AvgIpc) is 2.57. The lowest BCUT2D eigenvalue weighted by Gasteiger charge is -2.12. The van der Waals surface area contributed by atoms with Gasteiger partial charge in [0.05, 0.1) is 24.3 Å². The van der Waals surface area contributed by atoms with Crippen LogP contribution in [0, 0.1) is 0 Å². The number of rotatable bonds is 4. The molecule has 0 aliphatic carbocycles. The van der Waals surface area contributed by atoms with Crippen molar-refractivity contribution in [2.24, 2.45) is 0 Å². The number of ether oxygens (including phenoxy) is 1. The molecule has 3 rings (SSSR count). The van der Waals surface area contributed by atoms with Gasteiger partial charge in [-0.1, -0.05) is 11.6 Å². The number of methoxy groups -OCH3 is 1. The summed E-state index contributed by atoms with van der Waals surface area (Å²) >= 11 is 5.92. The van der Waals surface area contributed by atoms with E-state index in [9.17, 15) is 10.2 Å². The van der Waals surface area contributed by atoms with Crippen molar-refractivity contribution in [2.75, 3.05) is 12.4 Å². The van der Waals surface area contributed by atoms with Crippen LogP contribution in [0.25, 0.3) is 10.9 Å². The molecular weight excluding hydrogens is 318 g/mol. The van der Waals surface area contributed by atoms with Gasteiger partial charge >= 0.3 is 0 Å². The number of fused-ring (bicyclic) bond motifs is 1. The van der Waals surface area contributed by atoms with Gasteiger partial charge in [0.2, 0.25) is 0 Å². The summed E-state index contributed by atoms with van der Waals surface area (Å²) in [5, 5.41) is 23.0. The largest absolute Gasteiger partial charge is 0.506 e. The molecule has 0 radical (unpaired) electrons. The van der Waals surface area contributed by atoms with Crippen LogP contribution in [0.2, 0.25) is 5.02 Å². The number of halogens is 1. The maximum Gasteiger partial charge on any atom is 0.141 e. The molecule has 0 amide bonds. The Labute approximate surface area is 137 Å². The van der Waals surface area contributed by atoms with E-state index in [1.54, 1.807) is 24.3 Å². The minimum Gasteiger partial charge on any atom is -0.506 e. The number of hydrogen-bond donors (Lipinski definition) is 3. The van der Waals surface area contributed by atoms with Crippen LogP contribution in [0.15, 0.2) is 36.7 Å². The second-order valence-corrected chi connectivity index (χ2v) is 5.26. The van der Waals surface area contributed by atoms with Crippen molar-refractivity contribution in [3.8, 4) is 11.5 Å². The second kappa shape index (κ2) is 6.28. The van der Waals surface area contributed by atoms with Crippen molar-refractivity contribution in [2.45, 2.75) is 6.61 Å². The van der Waals surface area contributed by atoms with Gasteiger partial charge < -0.3 is 20.3 Å². The first-order chi connectivity index (χ1) is 11.1. The van der Waals surface area contributed by atoms with Gasteiger partial charge in [-0.05, 0) is 30.3 Å². The van der Waals surface area contributed by atoms with Gasteiger partial charge in [0.25, 0.3) is 0 Å². The Hall–Kier alpha value is -2.57. The minimum atomic E-state index is -0.139. The summed E-state index contributed by atoms with van der Waals surface area (Å²) in [6.45, 7) is -0.139. The Balaban J connectivity index is 2.08. The van der Waals surface area contributed by atoms with Crippen LogP contribution in [-0.2, 0) is 6.61 Å². The molecule has 118 valence electrons. The Morgan fingerprint density at radius 2 is 2.04 bits per heavy atom. The molecule has 0 saturated heterocycles. The predicted octanol–water partition coefficient (Wildman–Crippen LogP) is 3.23. The molecule has 23 heavy (non-hydrogen) atoms. The monoisotopic (exact) mass is 331 g/mol. The third-order valence-electron chi connectivity index (χ3n) is 3.42. The van der Waals surface area contributed by atoms with Crippen LogP contribution in [0.3, 0.4) is 0 Å². The Kier molecular flexibility index (Phi) is 4.18. The fourth-order valence-electron chi connectivity index (χ4n) is 2.26. The Morgan fingerprint density at radius 1 is 1.22 bits per heavy atom. The normalized spacial score (nSPS) is 10.7. The quantitative estimate of drug-likeness (QED) is 0.636. The van der Waals surface area contributed by atoms with E-state index in [-0.39, 0.29) is 17.4 Å². The number of aromatic hydroxyl groups is 1. The van der Waals surface area contributed by atoms with Gasteiger partial charge in [-0.15, -0.1) is 0 Å². The van der Waals surface area contributed by atoms with E-state index < -0.39 is 0 Å². The number of phenolic OH excluding ortho intramolecular Hbond substituents is 1. The topological polar surface area (TPSA) is 87.5 Å². The molecular formula is C16H14ClN3O3. The zero-order valence-corrected chi connectivity index (χ0v) is 13.0. The maximum atomic E-state index is 9.48. The van der Waals surface area contributed by atoms with Crippen LogP contribution in [0.5, 0.6) is 11.5 Å². The molecule has 0 saturated carbocycles. The summed E-state index contributed by atoms with van der Waals surface area (Å²) in [7, 11) is 1.54. The lowest BCUT2D eigenvalue weighted by molar-refractivity contribution is 0.274. The molecule has 0 spiro atoms. The summed E-state index contributed by atoms with van der Waals surface area (Å²) in [5.74, 6) is 1.14. The van der Waals surface area contributed by atoms with Crippen LogP contribution in [0.4, 0.5) is 11.5 Å². The van der Waals surface area contributed by atoms with Crippen molar-refractivity contribution >= 4 is 34.0 Å². The molecule has 7 heteroatoms. The standard InChI is InChI=1S/C16H14ClN3O3/c1-23-15-6-11-13(4-9(15)7-21)18-8-19-16(11)20-10-2-3-14(22)12(17)5-10/h2-6,8,21-22H,7H2,1H3,(H,18,19,20). The van der Waals surface area contributed by atoms with Crippen molar-refractivity contribution in [1.82, 2.24) is 9.97 Å². The smallest absolute Gasteiger partial charge is 0.141 e. The van der Waals surface area contributed by atoms with Crippen molar-refractivity contribution in [3.63, 3.8) is 0 Å². The molecule has 0 bridgehead atoms. The van der Waals surface area contributed by atoms with E-state index in [1.165, 1.54) is 19.5 Å². The summed E-state index contributed by atoms with van der Waals surface area (Å²) in [6.07, 6.45) is 1.43. The summed E-state index contributed by atoms with van der Waals surface area (Å²) in [5.41, 5.74) is 2.01. The molecule has 0 fully saturated rings. The highest BCUT2D eigenvalue weighted by atomic mass is 35.5. The first kappa shape index (κ1) is 15.3. The van der Waals surface area contributed by atoms with Gasteiger partial charge in [-0.25, -0.2) is 9.97 Å². The van der Waals surface area contributed by atoms with E-state index in [2.05, 4.69) is 15.3 Å². The Morgan fingerprint density at radius 3 is 2.74 bits per heavy atom. The SMILES string of the molecule is COc1cc2c(Nc3ccc(O)c(Cl)c3)ncnc2cc1CO. The molecule has 0 aliphatic rings. The van der Waals surface area contributed by atoms with Gasteiger partial charge in [0.1, 0.15) is 23.6 Å². The first-order valence-corrected chi connectivity index (χ1v) is 7.18. The number of nitrogens with zero attached hydrogens (tertiary/aromatic N) is 2. The summed E-state index contributed by atoms with van der Waals surface area (Å²) < 4.78 is 5.29. The zero-order chi connectivity index (χ0) is 16.4. The van der Waals surface area contributed by atoms with Crippen LogP contribution >= 0.6 is 11.6 Å². The zero-order valence-electron chi connectivity index (χ0n) is 12.2. The lowest BCUT2D eigenvalue weighted by atomic mass is 10.1. The van der Waals surface area contributed by atoms with E-state index >= 15 is 0 Å². The van der Waals surface area contributed by atoms with E-state index in [0.717, 1.165) is 5.39 Å². The lowest BCUT2D eigenvalue weighted by Crippen LogP contribution is -1.98. The molecule has 0 aliphatic heterocycles. The highest BCUT2D eigenvalue weighted by Gasteiger charge is 2.10. The van der Waals surface area contributed by atoms with Crippen LogP contribution < -0.4 is 10.1 Å². The number of aliphatic hydroxyl groups excluding tert-OH is 1. The Bertz CT molecular complexity index is 871. The molecule has 1 heterocycles. The van der Waals surface area contributed by atoms with Gasteiger partial charge in [-0.2, -0.15) is 0 Å². The van der Waals surface area contributed by atoms with E-state index in [0.29, 0.717) is 28.3 Å². The van der Waals surface area contributed by atoms with Crippen molar-refractivity contribution < 1.29 is 14.9 Å². The van der Waals surface area contributed by atoms with Gasteiger partial charge in [0, 0.05) is 16.6 Å². The number of aromatic nitrogens is 2. The van der Waals surface area contributed by atoms with E-state index in [4.69, 9.17) is 16.3 Å². The molecule has 0 atom stereocenters. The molecule has 6 nitrogen and oxygen atoms in total. The maximum absolute atomic E-state index is 9.48. The van der Waals surface area contributed by atoms with E-state index in [1.807, 2.05) is 0 Å². The second-order valence-electron chi connectivity index (χ2n) is 4.85. The molecule has 1 aromatic heterocycles. The minimum absolute atomic E-state index is 0.0130. The molecule has 3 N–H and O–H groups in total. The number of nitrogens with one attached hydrogen (secondary N) is 1. The predicted molar refractivity (Wildman–Crippen MR) is 88.4 cm³/mol. The number of phenols is 1. The third-order valence-corrected chi connectivity index (χ3v) is 3.72. The first-order valence-electron chi connectivity index (χ1n) is 6.80. The molecule has 3 aromatic rings. The van der Waals surface area contributed by atoms with Crippen molar-refractivity contribution in [3.05, 3.63) is 47.2 Å². The number of anilines is 2. The third kappa shape index (κ3) is 2.99. The van der Waals surface area contributed by atoms with Crippen molar-refractivity contribution in [1.29, 1.82) is 0 Å². The average molecular weight is 332 g/mol. The van der Waals surface area contributed by atoms with Gasteiger partial charge in [-0.3, -0.25) is 0 Å². The summed E-state index contributed by atoms with van der Waals surface area (Å²) in [6, 6.07) is 8.31. The number of benzene rings is 2. The number of aliphatic hydroxyl groups is 1. The highest BCUT2D eigenvalue weighted by molar-refractivity contribution is 6.32. The van der Waals surface area contributed by atoms with Crippen LogP contribution in [0.1, 0.15) is 5.56 Å².